The van der Waals surface area contributed by atoms with Crippen molar-refractivity contribution >= 4 is 28.6 Å². The second kappa shape index (κ2) is 9.85. The molecule has 172 valence electrons. The van der Waals surface area contributed by atoms with Crippen molar-refractivity contribution in [2.45, 2.75) is 38.3 Å². The Morgan fingerprint density at radius 3 is 2.48 bits per heavy atom. The summed E-state index contributed by atoms with van der Waals surface area (Å²) in [6, 6.07) is 12.5. The third-order valence-corrected chi connectivity index (χ3v) is 6.02. The number of amides is 3. The Kier molecular flexibility index (Phi) is 6.72. The van der Waals surface area contributed by atoms with E-state index < -0.39 is 6.04 Å². The minimum atomic E-state index is -0.660. The third-order valence-electron chi connectivity index (χ3n) is 6.02. The summed E-state index contributed by atoms with van der Waals surface area (Å²) in [5.41, 5.74) is 2.36. The third kappa shape index (κ3) is 5.39. The summed E-state index contributed by atoms with van der Waals surface area (Å²) in [6.45, 7) is 2.38. The molecule has 3 aromatic rings. The van der Waals surface area contributed by atoms with Gasteiger partial charge in [-0.05, 0) is 48.7 Å². The van der Waals surface area contributed by atoms with Crippen LogP contribution in [0, 0.1) is 5.82 Å². The molecule has 0 aliphatic carbocycles. The molecule has 0 saturated carbocycles. The van der Waals surface area contributed by atoms with Crippen molar-refractivity contribution in [1.29, 1.82) is 0 Å². The summed E-state index contributed by atoms with van der Waals surface area (Å²) in [5, 5.41) is 6.79. The lowest BCUT2D eigenvalue weighted by Crippen LogP contribution is -2.53. The van der Waals surface area contributed by atoms with Crippen molar-refractivity contribution in [3.05, 3.63) is 71.7 Å². The molecule has 1 aliphatic rings. The molecule has 3 amide bonds. The van der Waals surface area contributed by atoms with Crippen molar-refractivity contribution in [3.8, 4) is 0 Å². The Morgan fingerprint density at radius 2 is 1.79 bits per heavy atom. The zero-order valence-electron chi connectivity index (χ0n) is 18.4. The number of likely N-dealkylation sites (tertiary alicyclic amines) is 1. The monoisotopic (exact) mass is 450 g/mol. The predicted octanol–water partition coefficient (Wildman–Crippen LogP) is 2.78. The van der Waals surface area contributed by atoms with Gasteiger partial charge in [-0.15, -0.1) is 0 Å². The van der Waals surface area contributed by atoms with Crippen LogP contribution in [0.4, 0.5) is 4.39 Å². The van der Waals surface area contributed by atoms with Crippen LogP contribution in [0.2, 0.25) is 0 Å². The lowest BCUT2D eigenvalue weighted by molar-refractivity contribution is -0.137. The minimum absolute atomic E-state index is 0.0700. The van der Waals surface area contributed by atoms with Crippen LogP contribution in [0.1, 0.15) is 35.7 Å². The Bertz CT molecular complexity index is 1150. The second-order valence-electron chi connectivity index (χ2n) is 8.40. The minimum Gasteiger partial charge on any atom is -0.361 e. The highest BCUT2D eigenvalue weighted by atomic mass is 19.1. The van der Waals surface area contributed by atoms with Crippen molar-refractivity contribution < 1.29 is 18.8 Å². The lowest BCUT2D eigenvalue weighted by atomic mass is 10.0. The number of carbonyl (C=O) groups excluding carboxylic acids is 3. The van der Waals surface area contributed by atoms with Crippen LogP contribution < -0.4 is 10.6 Å². The van der Waals surface area contributed by atoms with Gasteiger partial charge < -0.3 is 20.5 Å². The molecule has 4 rings (SSSR count). The molecule has 1 unspecified atom stereocenters. The van der Waals surface area contributed by atoms with Crippen LogP contribution in [0.25, 0.3) is 10.9 Å². The van der Waals surface area contributed by atoms with Gasteiger partial charge in [0.05, 0.1) is 0 Å². The number of aromatic nitrogens is 1. The molecule has 2 heterocycles. The highest BCUT2D eigenvalue weighted by Gasteiger charge is 2.30. The number of aromatic amines is 1. The van der Waals surface area contributed by atoms with E-state index >= 15 is 0 Å². The fourth-order valence-electron chi connectivity index (χ4n) is 4.30. The fraction of sp³-hybridized carbons (Fsp3) is 0.320. The molecule has 1 saturated heterocycles. The number of nitrogens with one attached hydrogen (secondary N) is 3. The zero-order chi connectivity index (χ0) is 23.4. The predicted molar refractivity (Wildman–Crippen MR) is 123 cm³/mol. The largest absolute Gasteiger partial charge is 0.361 e. The molecule has 33 heavy (non-hydrogen) atoms. The van der Waals surface area contributed by atoms with Gasteiger partial charge in [0.25, 0.3) is 5.91 Å². The summed E-state index contributed by atoms with van der Waals surface area (Å²) in [5.74, 6) is -1.02. The zero-order valence-corrected chi connectivity index (χ0v) is 18.4. The normalized spacial score (nSPS) is 15.3. The number of carbonyl (C=O) groups is 3. The van der Waals surface area contributed by atoms with Gasteiger partial charge in [0.15, 0.2) is 0 Å². The van der Waals surface area contributed by atoms with Gasteiger partial charge in [0, 0.05) is 55.1 Å². The topological polar surface area (TPSA) is 94.3 Å². The number of benzene rings is 2. The molecule has 1 aliphatic heterocycles. The number of rotatable bonds is 6. The number of hydrogen-bond donors (Lipinski definition) is 3. The number of para-hydroxylation sites is 1. The molecular weight excluding hydrogens is 423 g/mol. The number of nitrogens with zero attached hydrogens (tertiary/aromatic N) is 1. The Labute approximate surface area is 191 Å². The number of hydrogen-bond acceptors (Lipinski definition) is 3. The number of piperidine rings is 1. The van der Waals surface area contributed by atoms with E-state index in [0.717, 1.165) is 16.5 Å². The van der Waals surface area contributed by atoms with E-state index in [1.165, 1.54) is 31.2 Å². The van der Waals surface area contributed by atoms with Crippen LogP contribution >= 0.6 is 0 Å². The van der Waals surface area contributed by atoms with Gasteiger partial charge >= 0.3 is 0 Å². The van der Waals surface area contributed by atoms with Crippen molar-refractivity contribution in [1.82, 2.24) is 20.5 Å². The molecule has 0 spiro atoms. The van der Waals surface area contributed by atoms with E-state index in [0.29, 0.717) is 37.9 Å². The van der Waals surface area contributed by atoms with E-state index in [-0.39, 0.29) is 29.6 Å². The van der Waals surface area contributed by atoms with Gasteiger partial charge in [-0.25, -0.2) is 4.39 Å². The first kappa shape index (κ1) is 22.5. The summed E-state index contributed by atoms with van der Waals surface area (Å²) < 4.78 is 13.1. The van der Waals surface area contributed by atoms with Crippen molar-refractivity contribution in [2.24, 2.45) is 0 Å². The molecule has 0 radical (unpaired) electrons. The molecule has 8 heteroatoms. The number of H-pyrrole nitrogens is 1. The van der Waals surface area contributed by atoms with Gasteiger partial charge in [0.2, 0.25) is 11.8 Å². The van der Waals surface area contributed by atoms with E-state index in [1.54, 1.807) is 4.90 Å². The molecule has 1 atom stereocenters. The van der Waals surface area contributed by atoms with E-state index in [9.17, 15) is 18.8 Å². The van der Waals surface area contributed by atoms with Crippen LogP contribution in [-0.4, -0.2) is 52.8 Å². The maximum absolute atomic E-state index is 13.3. The van der Waals surface area contributed by atoms with E-state index in [2.05, 4.69) is 15.6 Å². The maximum atomic E-state index is 13.3. The molecule has 1 fully saturated rings. The molecule has 7 nitrogen and oxygen atoms in total. The first-order valence-corrected chi connectivity index (χ1v) is 11.1. The Morgan fingerprint density at radius 1 is 1.09 bits per heavy atom. The SMILES string of the molecule is CC(=O)NC(Cc1c[nH]c2ccccc12)C(=O)N1CCC(NC(=O)c2ccc(F)cc2)CC1. The molecule has 1 aromatic heterocycles. The first-order valence-electron chi connectivity index (χ1n) is 11.1. The molecular formula is C25H27FN4O3. The van der Waals surface area contributed by atoms with Crippen LogP contribution in [0.3, 0.4) is 0 Å². The molecule has 2 aromatic carbocycles. The smallest absolute Gasteiger partial charge is 0.251 e. The number of fused-ring (bicyclic) bond motifs is 1. The summed E-state index contributed by atoms with van der Waals surface area (Å²) in [4.78, 5) is 42.4. The van der Waals surface area contributed by atoms with E-state index in [4.69, 9.17) is 0 Å². The second-order valence-corrected chi connectivity index (χ2v) is 8.40. The quantitative estimate of drug-likeness (QED) is 0.539. The van der Waals surface area contributed by atoms with Gasteiger partial charge in [0.1, 0.15) is 11.9 Å². The van der Waals surface area contributed by atoms with Crippen molar-refractivity contribution in [3.63, 3.8) is 0 Å². The van der Waals surface area contributed by atoms with Crippen molar-refractivity contribution in [2.75, 3.05) is 13.1 Å². The van der Waals surface area contributed by atoms with Crippen LogP contribution in [0.15, 0.2) is 54.7 Å². The van der Waals surface area contributed by atoms with Crippen LogP contribution in [-0.2, 0) is 16.0 Å². The average molecular weight is 451 g/mol. The molecule has 3 N–H and O–H groups in total. The van der Waals surface area contributed by atoms with Crippen LogP contribution in [0.5, 0.6) is 0 Å². The van der Waals surface area contributed by atoms with E-state index in [1.807, 2.05) is 30.5 Å². The summed E-state index contributed by atoms with van der Waals surface area (Å²) in [6.07, 6.45) is 3.49. The summed E-state index contributed by atoms with van der Waals surface area (Å²) >= 11 is 0. The fourth-order valence-corrected chi connectivity index (χ4v) is 4.30. The van der Waals surface area contributed by atoms with Gasteiger partial charge in [-0.2, -0.15) is 0 Å². The van der Waals surface area contributed by atoms with Gasteiger partial charge in [-0.3, -0.25) is 14.4 Å². The maximum Gasteiger partial charge on any atom is 0.251 e. The lowest BCUT2D eigenvalue weighted by Gasteiger charge is -2.34. The number of halogens is 1. The highest BCUT2D eigenvalue weighted by molar-refractivity contribution is 5.94. The molecule has 0 bridgehead atoms. The standard InChI is InChI=1S/C25H27FN4O3/c1-16(31)28-23(14-18-15-27-22-5-3-2-4-21(18)22)25(33)30-12-10-20(11-13-30)29-24(32)17-6-8-19(26)9-7-17/h2-9,15,20,23,27H,10-14H2,1H3,(H,28,31)(H,29,32). The Balaban J connectivity index is 1.37. The first-order chi connectivity index (χ1) is 15.9. The van der Waals surface area contributed by atoms with Gasteiger partial charge in [-0.1, -0.05) is 18.2 Å². The Hall–Kier alpha value is -3.68. The summed E-state index contributed by atoms with van der Waals surface area (Å²) in [7, 11) is 0. The highest BCUT2D eigenvalue weighted by Crippen LogP contribution is 2.20. The average Bonchev–Trinajstić information content (AvgIpc) is 3.21.